The SMILES string of the molecule is CNC(C)(C)CC(CC(C)C)N(C)C=O. The van der Waals surface area contributed by atoms with E-state index in [1.165, 1.54) is 0 Å². The summed E-state index contributed by atoms with van der Waals surface area (Å²) in [5.41, 5.74) is 0.0802. The van der Waals surface area contributed by atoms with Crippen LogP contribution >= 0.6 is 0 Å². The highest BCUT2D eigenvalue weighted by Gasteiger charge is 2.24. The van der Waals surface area contributed by atoms with Gasteiger partial charge in [0, 0.05) is 18.6 Å². The zero-order valence-electron chi connectivity index (χ0n) is 11.0. The van der Waals surface area contributed by atoms with Gasteiger partial charge in [-0.15, -0.1) is 0 Å². The minimum atomic E-state index is 0.0802. The molecule has 90 valence electrons. The Bertz CT molecular complexity index is 190. The summed E-state index contributed by atoms with van der Waals surface area (Å²) >= 11 is 0. The van der Waals surface area contributed by atoms with Crippen LogP contribution in [0.1, 0.15) is 40.5 Å². The van der Waals surface area contributed by atoms with E-state index in [4.69, 9.17) is 0 Å². The third-order valence-corrected chi connectivity index (χ3v) is 2.91. The minimum Gasteiger partial charge on any atom is -0.345 e. The Balaban J connectivity index is 4.43. The second kappa shape index (κ2) is 6.11. The Labute approximate surface area is 94.2 Å². The van der Waals surface area contributed by atoms with Crippen molar-refractivity contribution in [3.05, 3.63) is 0 Å². The lowest BCUT2D eigenvalue weighted by Crippen LogP contribution is -2.44. The van der Waals surface area contributed by atoms with E-state index in [0.29, 0.717) is 12.0 Å². The standard InChI is InChI=1S/C12H26N2O/c1-10(2)7-11(14(6)9-15)8-12(3,4)13-5/h9-11,13H,7-8H2,1-6H3. The molecule has 0 aliphatic rings. The molecule has 0 aromatic rings. The summed E-state index contributed by atoms with van der Waals surface area (Å²) in [6.07, 6.45) is 2.97. The molecule has 0 fully saturated rings. The van der Waals surface area contributed by atoms with Crippen molar-refractivity contribution in [2.45, 2.75) is 52.1 Å². The first kappa shape index (κ1) is 14.4. The van der Waals surface area contributed by atoms with Crippen LogP contribution in [0.25, 0.3) is 0 Å². The van der Waals surface area contributed by atoms with E-state index in [9.17, 15) is 4.79 Å². The molecule has 0 aromatic carbocycles. The Morgan fingerprint density at radius 2 is 1.93 bits per heavy atom. The molecule has 0 aliphatic heterocycles. The predicted octanol–water partition coefficient (Wildman–Crippen LogP) is 1.88. The highest BCUT2D eigenvalue weighted by atomic mass is 16.1. The molecule has 0 spiro atoms. The third-order valence-electron chi connectivity index (χ3n) is 2.91. The van der Waals surface area contributed by atoms with Crippen molar-refractivity contribution in [3.63, 3.8) is 0 Å². The van der Waals surface area contributed by atoms with Crippen LogP contribution in [0.5, 0.6) is 0 Å². The zero-order chi connectivity index (χ0) is 12.1. The van der Waals surface area contributed by atoms with Crippen LogP contribution in [-0.2, 0) is 4.79 Å². The number of nitrogens with zero attached hydrogens (tertiary/aromatic N) is 1. The molecular weight excluding hydrogens is 188 g/mol. The number of carbonyl (C=O) groups excluding carboxylic acids is 1. The molecule has 15 heavy (non-hydrogen) atoms. The quantitative estimate of drug-likeness (QED) is 0.656. The van der Waals surface area contributed by atoms with Gasteiger partial charge in [-0.3, -0.25) is 4.79 Å². The van der Waals surface area contributed by atoms with Gasteiger partial charge >= 0.3 is 0 Å². The van der Waals surface area contributed by atoms with Crippen LogP contribution in [0, 0.1) is 5.92 Å². The van der Waals surface area contributed by atoms with Crippen molar-refractivity contribution in [1.29, 1.82) is 0 Å². The van der Waals surface area contributed by atoms with E-state index in [0.717, 1.165) is 19.3 Å². The number of hydrogen-bond donors (Lipinski definition) is 1. The molecule has 1 N–H and O–H groups in total. The van der Waals surface area contributed by atoms with Gasteiger partial charge in [-0.2, -0.15) is 0 Å². The molecule has 0 radical (unpaired) electrons. The van der Waals surface area contributed by atoms with Crippen LogP contribution in [0.4, 0.5) is 0 Å². The van der Waals surface area contributed by atoms with Crippen LogP contribution in [0.15, 0.2) is 0 Å². The van der Waals surface area contributed by atoms with Gasteiger partial charge in [-0.1, -0.05) is 13.8 Å². The van der Waals surface area contributed by atoms with Crippen LogP contribution in [0.3, 0.4) is 0 Å². The number of amides is 1. The largest absolute Gasteiger partial charge is 0.345 e. The second-order valence-corrected chi connectivity index (χ2v) is 5.39. The number of rotatable bonds is 7. The first-order valence-electron chi connectivity index (χ1n) is 5.68. The van der Waals surface area contributed by atoms with Crippen LogP contribution in [0.2, 0.25) is 0 Å². The van der Waals surface area contributed by atoms with Crippen molar-refractivity contribution in [2.24, 2.45) is 5.92 Å². The lowest BCUT2D eigenvalue weighted by molar-refractivity contribution is -0.119. The topological polar surface area (TPSA) is 32.3 Å². The normalized spacial score (nSPS) is 14.1. The van der Waals surface area contributed by atoms with Crippen molar-refractivity contribution in [2.75, 3.05) is 14.1 Å². The van der Waals surface area contributed by atoms with Gasteiger partial charge in [0.25, 0.3) is 0 Å². The van der Waals surface area contributed by atoms with Gasteiger partial charge in [-0.05, 0) is 39.7 Å². The van der Waals surface area contributed by atoms with Gasteiger partial charge in [0.05, 0.1) is 0 Å². The van der Waals surface area contributed by atoms with Gasteiger partial charge < -0.3 is 10.2 Å². The predicted molar refractivity (Wildman–Crippen MR) is 64.8 cm³/mol. The van der Waals surface area contributed by atoms with E-state index in [1.807, 2.05) is 14.1 Å². The Morgan fingerprint density at radius 3 is 2.27 bits per heavy atom. The van der Waals surface area contributed by atoms with Crippen LogP contribution < -0.4 is 5.32 Å². The van der Waals surface area contributed by atoms with E-state index >= 15 is 0 Å². The number of hydrogen-bond acceptors (Lipinski definition) is 2. The second-order valence-electron chi connectivity index (χ2n) is 5.39. The maximum atomic E-state index is 10.8. The van der Waals surface area contributed by atoms with Crippen LogP contribution in [-0.4, -0.2) is 37.0 Å². The molecule has 1 atom stereocenters. The first-order valence-corrected chi connectivity index (χ1v) is 5.68. The molecule has 3 heteroatoms. The van der Waals surface area contributed by atoms with E-state index < -0.39 is 0 Å². The molecule has 0 heterocycles. The highest BCUT2D eigenvalue weighted by Crippen LogP contribution is 2.19. The molecule has 0 saturated carbocycles. The minimum absolute atomic E-state index is 0.0802. The summed E-state index contributed by atoms with van der Waals surface area (Å²) < 4.78 is 0. The molecular formula is C12H26N2O. The van der Waals surface area contributed by atoms with Crippen molar-refractivity contribution in [3.8, 4) is 0 Å². The smallest absolute Gasteiger partial charge is 0.209 e. The van der Waals surface area contributed by atoms with Gasteiger partial charge in [0.1, 0.15) is 0 Å². The maximum absolute atomic E-state index is 10.8. The lowest BCUT2D eigenvalue weighted by atomic mass is 9.90. The van der Waals surface area contributed by atoms with Crippen molar-refractivity contribution < 1.29 is 4.79 Å². The highest BCUT2D eigenvalue weighted by molar-refractivity contribution is 5.47. The fourth-order valence-corrected chi connectivity index (χ4v) is 1.71. The number of carbonyl (C=O) groups is 1. The average molecular weight is 214 g/mol. The summed E-state index contributed by atoms with van der Waals surface area (Å²) in [5.74, 6) is 0.616. The van der Waals surface area contributed by atoms with E-state index in [2.05, 4.69) is 33.0 Å². The van der Waals surface area contributed by atoms with E-state index in [-0.39, 0.29) is 5.54 Å². The van der Waals surface area contributed by atoms with E-state index in [1.54, 1.807) is 4.90 Å². The molecule has 3 nitrogen and oxygen atoms in total. The van der Waals surface area contributed by atoms with Gasteiger partial charge in [-0.25, -0.2) is 0 Å². The fourth-order valence-electron chi connectivity index (χ4n) is 1.71. The van der Waals surface area contributed by atoms with Gasteiger partial charge in [0.2, 0.25) is 6.41 Å². The third kappa shape index (κ3) is 5.78. The summed E-state index contributed by atoms with van der Waals surface area (Å²) in [4.78, 5) is 12.6. The summed E-state index contributed by atoms with van der Waals surface area (Å²) in [7, 11) is 3.83. The molecule has 0 rings (SSSR count). The number of nitrogens with one attached hydrogen (secondary N) is 1. The Hall–Kier alpha value is -0.570. The summed E-state index contributed by atoms with van der Waals surface area (Å²) in [6.45, 7) is 8.72. The fraction of sp³-hybridized carbons (Fsp3) is 0.917. The molecule has 0 aromatic heterocycles. The first-order chi connectivity index (χ1) is 6.82. The Morgan fingerprint density at radius 1 is 1.40 bits per heavy atom. The molecule has 0 bridgehead atoms. The zero-order valence-corrected chi connectivity index (χ0v) is 11.0. The molecule has 0 aliphatic carbocycles. The molecule has 1 amide bonds. The molecule has 0 saturated heterocycles. The lowest BCUT2D eigenvalue weighted by Gasteiger charge is -2.34. The van der Waals surface area contributed by atoms with Crippen molar-refractivity contribution >= 4 is 6.41 Å². The van der Waals surface area contributed by atoms with Crippen molar-refractivity contribution in [1.82, 2.24) is 10.2 Å². The average Bonchev–Trinajstić information content (AvgIpc) is 2.14. The Kier molecular flexibility index (Phi) is 5.88. The summed E-state index contributed by atoms with van der Waals surface area (Å²) in [6, 6.07) is 0.324. The molecule has 1 unspecified atom stereocenters. The van der Waals surface area contributed by atoms with Gasteiger partial charge in [0.15, 0.2) is 0 Å². The summed E-state index contributed by atoms with van der Waals surface area (Å²) in [5, 5.41) is 3.28. The maximum Gasteiger partial charge on any atom is 0.209 e. The monoisotopic (exact) mass is 214 g/mol.